The molecular formula is C18H32O7S4. The second kappa shape index (κ2) is 12.6. The van der Waals surface area contributed by atoms with E-state index in [1.807, 2.05) is 13.8 Å². The molecule has 5 unspecified atom stereocenters. The highest BCUT2D eigenvalue weighted by atomic mass is 32.1. The molecule has 0 spiro atoms. The van der Waals surface area contributed by atoms with Gasteiger partial charge in [0.1, 0.15) is 5.41 Å². The highest BCUT2D eigenvalue weighted by molar-refractivity contribution is 7.85. The van der Waals surface area contributed by atoms with Crippen LogP contribution in [0, 0.1) is 5.41 Å². The smallest absolute Gasteiger partial charge is 0.337 e. The molecule has 4 N–H and O–H groups in total. The lowest BCUT2D eigenvalue weighted by atomic mass is 9.63. The molecule has 0 rings (SSSR count). The fourth-order valence-corrected chi connectivity index (χ4v) is 5.05. The number of hydrogen-bond donors (Lipinski definition) is 8. The van der Waals surface area contributed by atoms with E-state index in [0.29, 0.717) is 12.8 Å². The lowest BCUT2D eigenvalue weighted by Crippen LogP contribution is -2.61. The van der Waals surface area contributed by atoms with Crippen molar-refractivity contribution in [2.24, 2.45) is 5.41 Å². The van der Waals surface area contributed by atoms with Gasteiger partial charge in [0.15, 0.2) is 5.60 Å². The zero-order valence-corrected chi connectivity index (χ0v) is 20.1. The molecule has 29 heavy (non-hydrogen) atoms. The van der Waals surface area contributed by atoms with Gasteiger partial charge in [-0.2, -0.15) is 50.5 Å². The van der Waals surface area contributed by atoms with Gasteiger partial charge in [0.25, 0.3) is 0 Å². The van der Waals surface area contributed by atoms with E-state index < -0.39 is 45.8 Å². The van der Waals surface area contributed by atoms with Gasteiger partial charge in [-0.05, 0) is 25.7 Å². The van der Waals surface area contributed by atoms with Gasteiger partial charge in [0.05, 0.1) is 6.42 Å². The molecule has 0 aromatic heterocycles. The Hall–Kier alpha value is -0.230. The van der Waals surface area contributed by atoms with E-state index in [1.54, 1.807) is 0 Å². The van der Waals surface area contributed by atoms with Gasteiger partial charge in [-0.15, -0.1) is 0 Å². The number of carbonyl (C=O) groups is 3. The Morgan fingerprint density at radius 1 is 0.759 bits per heavy atom. The molecule has 0 aliphatic heterocycles. The van der Waals surface area contributed by atoms with E-state index in [4.69, 9.17) is 0 Å². The number of rotatable bonds is 15. The van der Waals surface area contributed by atoms with E-state index in [2.05, 4.69) is 50.5 Å². The third-order valence-electron chi connectivity index (χ3n) is 5.13. The van der Waals surface area contributed by atoms with Crippen LogP contribution in [0.5, 0.6) is 0 Å². The normalized spacial score (nSPS) is 20.0. The third-order valence-corrected chi connectivity index (χ3v) is 7.93. The summed E-state index contributed by atoms with van der Waals surface area (Å²) in [5.41, 5.74) is -5.41. The van der Waals surface area contributed by atoms with Crippen molar-refractivity contribution in [3.63, 3.8) is 0 Å². The van der Waals surface area contributed by atoms with Gasteiger partial charge in [-0.1, -0.05) is 26.7 Å². The zero-order valence-electron chi connectivity index (χ0n) is 16.6. The number of aliphatic hydroxyl groups is 1. The molecule has 0 amide bonds. The van der Waals surface area contributed by atoms with E-state index in [1.165, 1.54) is 0 Å². The minimum Gasteiger partial charge on any atom is -0.481 e. The molecule has 0 aromatic carbocycles. The van der Waals surface area contributed by atoms with Crippen molar-refractivity contribution in [3.8, 4) is 0 Å². The summed E-state index contributed by atoms with van der Waals surface area (Å²) in [5.74, 6) is -5.16. The second-order valence-electron chi connectivity index (χ2n) is 7.38. The van der Waals surface area contributed by atoms with Crippen LogP contribution >= 0.6 is 50.5 Å². The minimum atomic E-state index is -3.06. The maximum atomic E-state index is 12.5. The van der Waals surface area contributed by atoms with Crippen LogP contribution in [0.15, 0.2) is 0 Å². The van der Waals surface area contributed by atoms with Crippen molar-refractivity contribution in [2.45, 2.75) is 85.4 Å². The van der Waals surface area contributed by atoms with Gasteiger partial charge in [-0.25, -0.2) is 4.79 Å². The summed E-state index contributed by atoms with van der Waals surface area (Å²) in [7, 11) is 0. The predicted octanol–water partition coefficient (Wildman–Crippen LogP) is 2.92. The Balaban J connectivity index is 6.43. The van der Waals surface area contributed by atoms with Crippen molar-refractivity contribution in [1.82, 2.24) is 0 Å². The molecule has 0 aromatic rings. The summed E-state index contributed by atoms with van der Waals surface area (Å²) < 4.78 is 0. The Morgan fingerprint density at radius 2 is 1.14 bits per heavy atom. The molecule has 0 aliphatic carbocycles. The quantitative estimate of drug-likeness (QED) is 0.166. The highest BCUT2D eigenvalue weighted by Gasteiger charge is 2.63. The van der Waals surface area contributed by atoms with Crippen LogP contribution in [0.1, 0.15) is 58.8 Å². The molecule has 0 heterocycles. The van der Waals surface area contributed by atoms with Crippen LogP contribution in [0.3, 0.4) is 0 Å². The number of thiol groups is 4. The van der Waals surface area contributed by atoms with Crippen LogP contribution in [0.2, 0.25) is 0 Å². The lowest BCUT2D eigenvalue weighted by molar-refractivity contribution is -0.195. The fourth-order valence-electron chi connectivity index (χ4n) is 3.40. The molecule has 0 radical (unpaired) electrons. The molecule has 0 aliphatic rings. The van der Waals surface area contributed by atoms with Crippen LogP contribution < -0.4 is 0 Å². The Labute approximate surface area is 193 Å². The summed E-state index contributed by atoms with van der Waals surface area (Å²) in [6, 6.07) is 0. The molecule has 11 heteroatoms. The van der Waals surface area contributed by atoms with E-state index in [-0.39, 0.29) is 23.3 Å². The average Bonchev–Trinajstić information content (AvgIpc) is 2.59. The first kappa shape index (κ1) is 28.8. The van der Waals surface area contributed by atoms with Gasteiger partial charge in [0.2, 0.25) is 0 Å². The van der Waals surface area contributed by atoms with Gasteiger partial charge < -0.3 is 20.4 Å². The summed E-state index contributed by atoms with van der Waals surface area (Å²) >= 11 is 17.7. The Morgan fingerprint density at radius 3 is 1.38 bits per heavy atom. The van der Waals surface area contributed by atoms with Crippen molar-refractivity contribution in [1.29, 1.82) is 0 Å². The summed E-state index contributed by atoms with van der Waals surface area (Å²) in [6.07, 6.45) is 0.617. The van der Waals surface area contributed by atoms with Crippen LogP contribution in [-0.2, 0) is 14.4 Å². The zero-order chi connectivity index (χ0) is 23.0. The lowest BCUT2D eigenvalue weighted by Gasteiger charge is -2.44. The van der Waals surface area contributed by atoms with Crippen molar-refractivity contribution in [3.05, 3.63) is 0 Å². The molecule has 0 saturated heterocycles. The van der Waals surface area contributed by atoms with E-state index in [0.717, 1.165) is 12.8 Å². The monoisotopic (exact) mass is 488 g/mol. The summed E-state index contributed by atoms with van der Waals surface area (Å²) in [6.45, 7) is 3.82. The van der Waals surface area contributed by atoms with Crippen molar-refractivity contribution >= 4 is 68.4 Å². The minimum absolute atomic E-state index is 0.370. The number of hydrogen-bond acceptors (Lipinski definition) is 8. The first-order valence-corrected chi connectivity index (χ1v) is 11.5. The standard InChI is InChI=1S/C18H32O7S4/c1-3-5-10(26)12(28)7-17(15(21)22,8-13(29)11(27)6-4-2)18(25,16(23)24)9-14(19)20/h10-13,25-29H,3-9H2,1-2H3,(H,19,20)(H,21,22)(H,23,24). The second-order valence-corrected chi connectivity index (χ2v) is 10.0. The molecule has 0 bridgehead atoms. The summed E-state index contributed by atoms with van der Waals surface area (Å²) in [4.78, 5) is 35.8. The predicted molar refractivity (Wildman–Crippen MR) is 125 cm³/mol. The largest absolute Gasteiger partial charge is 0.481 e. The van der Waals surface area contributed by atoms with Crippen LogP contribution in [0.4, 0.5) is 0 Å². The van der Waals surface area contributed by atoms with Crippen molar-refractivity contribution in [2.75, 3.05) is 0 Å². The van der Waals surface area contributed by atoms with Gasteiger partial charge in [0, 0.05) is 21.0 Å². The molecule has 5 atom stereocenters. The highest BCUT2D eigenvalue weighted by Crippen LogP contribution is 2.47. The number of carboxylic acid groups (broad SMARTS) is 3. The maximum absolute atomic E-state index is 12.5. The maximum Gasteiger partial charge on any atom is 0.337 e. The van der Waals surface area contributed by atoms with E-state index in [9.17, 15) is 34.8 Å². The average molecular weight is 489 g/mol. The molecule has 170 valence electrons. The molecular weight excluding hydrogens is 456 g/mol. The van der Waals surface area contributed by atoms with Crippen molar-refractivity contribution < 1.29 is 34.8 Å². The topological polar surface area (TPSA) is 132 Å². The Kier molecular flexibility index (Phi) is 12.5. The molecule has 7 nitrogen and oxygen atoms in total. The SMILES string of the molecule is CCCC(S)C(S)CC(CC(S)C(S)CCC)(C(=O)O)C(O)(CC(=O)O)C(=O)O. The first-order chi connectivity index (χ1) is 13.3. The fraction of sp³-hybridized carbons (Fsp3) is 0.833. The Bertz CT molecular complexity index is 554. The van der Waals surface area contributed by atoms with Crippen LogP contribution in [-0.4, -0.2) is 64.9 Å². The third kappa shape index (κ3) is 7.45. The first-order valence-electron chi connectivity index (χ1n) is 9.42. The van der Waals surface area contributed by atoms with E-state index >= 15 is 0 Å². The molecule has 0 saturated carbocycles. The molecule has 0 fully saturated rings. The number of aliphatic carboxylic acids is 3. The number of carboxylic acids is 3. The summed E-state index contributed by atoms with van der Waals surface area (Å²) in [5, 5.41) is 37.9. The van der Waals surface area contributed by atoms with Gasteiger partial charge in [-0.3, -0.25) is 9.59 Å². The van der Waals surface area contributed by atoms with Gasteiger partial charge >= 0.3 is 17.9 Å². The van der Waals surface area contributed by atoms with Crippen LogP contribution in [0.25, 0.3) is 0 Å².